The molecule has 4 rings (SSSR count). The smallest absolute Gasteiger partial charge is 0.408 e. The first-order valence-electron chi connectivity index (χ1n) is 14.5. The summed E-state index contributed by atoms with van der Waals surface area (Å²) in [5, 5.41) is 17.6. The van der Waals surface area contributed by atoms with Gasteiger partial charge in [-0.15, -0.1) is 0 Å². The van der Waals surface area contributed by atoms with Gasteiger partial charge in [0, 0.05) is 12.1 Å². The van der Waals surface area contributed by atoms with E-state index in [9.17, 15) is 19.6 Å². The predicted molar refractivity (Wildman–Crippen MR) is 172 cm³/mol. The monoisotopic (exact) mass is 590 g/mol. The Bertz CT molecular complexity index is 1690. The molecular formula is C36H38N4O4. The van der Waals surface area contributed by atoms with E-state index in [4.69, 9.17) is 4.74 Å². The number of carbonyl (C=O) groups is 3. The van der Waals surface area contributed by atoms with Gasteiger partial charge in [0.05, 0.1) is 6.07 Å². The first kappa shape index (κ1) is 31.8. The van der Waals surface area contributed by atoms with Crippen LogP contribution in [0, 0.1) is 25.2 Å². The van der Waals surface area contributed by atoms with E-state index in [2.05, 4.69) is 16.7 Å². The summed E-state index contributed by atoms with van der Waals surface area (Å²) in [7, 11) is 0. The SMILES string of the molecule is Cc1ccc(C(C(=O)Nc2ccc3ccccc3c2)N(CC#N)C(=O)C(Cc2ccccc2)NC(=O)OC(C)(C)C)c(C)c1. The van der Waals surface area contributed by atoms with E-state index >= 15 is 0 Å². The molecule has 0 fully saturated rings. The van der Waals surface area contributed by atoms with Crippen molar-refractivity contribution in [3.63, 3.8) is 0 Å². The minimum absolute atomic E-state index is 0.132. The maximum Gasteiger partial charge on any atom is 0.408 e. The fourth-order valence-corrected chi connectivity index (χ4v) is 5.13. The quantitative estimate of drug-likeness (QED) is 0.213. The third-order valence-electron chi connectivity index (χ3n) is 7.09. The zero-order valence-electron chi connectivity index (χ0n) is 25.8. The Morgan fingerprint density at radius 3 is 2.23 bits per heavy atom. The van der Waals surface area contributed by atoms with Gasteiger partial charge in [-0.2, -0.15) is 5.26 Å². The van der Waals surface area contributed by atoms with Crippen molar-refractivity contribution in [1.82, 2.24) is 10.2 Å². The molecule has 0 aliphatic heterocycles. The van der Waals surface area contributed by atoms with Crippen LogP contribution in [0.3, 0.4) is 0 Å². The van der Waals surface area contributed by atoms with Gasteiger partial charge >= 0.3 is 6.09 Å². The molecular weight excluding hydrogens is 552 g/mol. The molecule has 44 heavy (non-hydrogen) atoms. The molecule has 4 aromatic rings. The Morgan fingerprint density at radius 2 is 1.57 bits per heavy atom. The van der Waals surface area contributed by atoms with Gasteiger partial charge < -0.3 is 20.3 Å². The van der Waals surface area contributed by atoms with Gasteiger partial charge in [-0.05, 0) is 74.2 Å². The molecule has 0 saturated carbocycles. The van der Waals surface area contributed by atoms with Crippen molar-refractivity contribution in [2.75, 3.05) is 11.9 Å². The molecule has 0 aliphatic carbocycles. The van der Waals surface area contributed by atoms with Gasteiger partial charge in [-0.1, -0.05) is 84.4 Å². The van der Waals surface area contributed by atoms with Crippen molar-refractivity contribution in [2.45, 2.75) is 58.7 Å². The van der Waals surface area contributed by atoms with Crippen LogP contribution in [-0.4, -0.2) is 41.0 Å². The summed E-state index contributed by atoms with van der Waals surface area (Å²) in [5.41, 5.74) is 2.92. The summed E-state index contributed by atoms with van der Waals surface area (Å²) in [5.74, 6) is -1.06. The largest absolute Gasteiger partial charge is 0.444 e. The normalized spacial score (nSPS) is 12.5. The molecule has 0 spiro atoms. The number of ether oxygens (including phenoxy) is 1. The average molecular weight is 591 g/mol. The number of anilines is 1. The summed E-state index contributed by atoms with van der Waals surface area (Å²) >= 11 is 0. The molecule has 2 atom stereocenters. The molecule has 0 saturated heterocycles. The molecule has 2 unspecified atom stereocenters. The molecule has 0 bridgehead atoms. The highest BCUT2D eigenvalue weighted by Gasteiger charge is 2.37. The number of nitrogens with one attached hydrogen (secondary N) is 2. The molecule has 4 aromatic carbocycles. The van der Waals surface area contributed by atoms with Gasteiger partial charge in [-0.25, -0.2) is 4.79 Å². The summed E-state index contributed by atoms with van der Waals surface area (Å²) in [6, 6.07) is 28.0. The molecule has 0 radical (unpaired) electrons. The maximum absolute atomic E-state index is 14.4. The van der Waals surface area contributed by atoms with Crippen LogP contribution in [-0.2, 0) is 20.7 Å². The van der Waals surface area contributed by atoms with Crippen LogP contribution >= 0.6 is 0 Å². The number of alkyl carbamates (subject to hydrolysis) is 1. The Morgan fingerprint density at radius 1 is 0.886 bits per heavy atom. The minimum atomic E-state index is -1.16. The minimum Gasteiger partial charge on any atom is -0.444 e. The number of carbonyl (C=O) groups excluding carboxylic acids is 3. The molecule has 3 amide bonds. The summed E-state index contributed by atoms with van der Waals surface area (Å²) in [6.07, 6.45) is -0.639. The Hall–Kier alpha value is -5.16. The number of hydrogen-bond donors (Lipinski definition) is 2. The Labute approximate surface area is 258 Å². The number of nitriles is 1. The Kier molecular flexibility index (Phi) is 10.0. The predicted octanol–water partition coefficient (Wildman–Crippen LogP) is 6.62. The number of benzene rings is 4. The van der Waals surface area contributed by atoms with Crippen LogP contribution in [0.15, 0.2) is 91.0 Å². The van der Waals surface area contributed by atoms with Gasteiger partial charge in [0.1, 0.15) is 24.2 Å². The van der Waals surface area contributed by atoms with Crippen molar-refractivity contribution in [2.24, 2.45) is 0 Å². The molecule has 0 heterocycles. The second-order valence-corrected chi connectivity index (χ2v) is 11.8. The lowest BCUT2D eigenvalue weighted by Gasteiger charge is -2.33. The van der Waals surface area contributed by atoms with E-state index in [1.807, 2.05) is 92.7 Å². The van der Waals surface area contributed by atoms with Gasteiger partial charge in [0.15, 0.2) is 0 Å². The second kappa shape index (κ2) is 13.9. The van der Waals surface area contributed by atoms with Crippen molar-refractivity contribution in [3.8, 4) is 6.07 Å². The lowest BCUT2D eigenvalue weighted by atomic mass is 9.95. The number of rotatable bonds is 9. The lowest BCUT2D eigenvalue weighted by molar-refractivity contribution is -0.140. The number of aryl methyl sites for hydroxylation is 2. The highest BCUT2D eigenvalue weighted by molar-refractivity contribution is 6.00. The van der Waals surface area contributed by atoms with Crippen molar-refractivity contribution in [3.05, 3.63) is 113 Å². The third-order valence-corrected chi connectivity index (χ3v) is 7.09. The molecule has 8 heteroatoms. The van der Waals surface area contributed by atoms with Crippen LogP contribution in [0.2, 0.25) is 0 Å². The highest BCUT2D eigenvalue weighted by Crippen LogP contribution is 2.29. The third kappa shape index (κ3) is 8.23. The van der Waals surface area contributed by atoms with Crippen molar-refractivity contribution in [1.29, 1.82) is 5.26 Å². The van der Waals surface area contributed by atoms with Crippen LogP contribution < -0.4 is 10.6 Å². The molecule has 8 nitrogen and oxygen atoms in total. The number of fused-ring (bicyclic) bond motifs is 1. The first-order chi connectivity index (χ1) is 20.9. The number of nitrogens with zero attached hydrogens (tertiary/aromatic N) is 2. The first-order valence-corrected chi connectivity index (χ1v) is 14.5. The van der Waals surface area contributed by atoms with Gasteiger partial charge in [0.2, 0.25) is 5.91 Å². The fraction of sp³-hybridized carbons (Fsp3) is 0.278. The van der Waals surface area contributed by atoms with E-state index in [0.717, 1.165) is 27.5 Å². The summed E-state index contributed by atoms with van der Waals surface area (Å²) in [4.78, 5) is 42.7. The second-order valence-electron chi connectivity index (χ2n) is 11.8. The van der Waals surface area contributed by atoms with Crippen LogP contribution in [0.4, 0.5) is 10.5 Å². The molecule has 2 N–H and O–H groups in total. The summed E-state index contributed by atoms with van der Waals surface area (Å²) < 4.78 is 5.47. The van der Waals surface area contributed by atoms with Crippen LogP contribution in [0.5, 0.6) is 0 Å². The highest BCUT2D eigenvalue weighted by atomic mass is 16.6. The molecule has 0 aromatic heterocycles. The lowest BCUT2D eigenvalue weighted by Crippen LogP contribution is -2.53. The van der Waals surface area contributed by atoms with Crippen LogP contribution in [0.25, 0.3) is 10.8 Å². The number of amides is 3. The maximum atomic E-state index is 14.4. The zero-order chi connectivity index (χ0) is 31.9. The topological polar surface area (TPSA) is 112 Å². The van der Waals surface area contributed by atoms with Gasteiger partial charge in [-0.3, -0.25) is 9.59 Å². The molecule has 226 valence electrons. The van der Waals surface area contributed by atoms with E-state index in [-0.39, 0.29) is 13.0 Å². The number of hydrogen-bond acceptors (Lipinski definition) is 5. The van der Waals surface area contributed by atoms with E-state index < -0.39 is 35.6 Å². The summed E-state index contributed by atoms with van der Waals surface area (Å²) in [6.45, 7) is 8.62. The van der Waals surface area contributed by atoms with E-state index in [1.54, 1.807) is 32.9 Å². The van der Waals surface area contributed by atoms with Crippen LogP contribution in [0.1, 0.15) is 49.1 Å². The van der Waals surface area contributed by atoms with E-state index in [0.29, 0.717) is 11.3 Å². The Balaban J connectivity index is 1.75. The van der Waals surface area contributed by atoms with E-state index in [1.165, 1.54) is 4.90 Å². The standard InChI is InChI=1S/C36H38N4O4/c1-24-15-18-30(25(2)21-24)32(33(41)38-29-17-16-27-13-9-10-14-28(27)23-29)40(20-19-37)34(42)31(22-26-11-7-6-8-12-26)39-35(43)44-36(3,4)5/h6-18,21,23,31-32H,20,22H2,1-5H3,(H,38,41)(H,39,43). The van der Waals surface area contributed by atoms with Gasteiger partial charge in [0.25, 0.3) is 5.91 Å². The van der Waals surface area contributed by atoms with Crippen molar-refractivity contribution < 1.29 is 19.1 Å². The molecule has 0 aliphatic rings. The average Bonchev–Trinajstić information content (AvgIpc) is 2.96. The zero-order valence-corrected chi connectivity index (χ0v) is 25.8. The fourth-order valence-electron chi connectivity index (χ4n) is 5.13. The van der Waals surface area contributed by atoms with Crippen molar-refractivity contribution >= 4 is 34.4 Å².